The Hall–Kier alpha value is -2.84. The Balaban J connectivity index is 1.98. The van der Waals surface area contributed by atoms with Crippen molar-refractivity contribution in [3.63, 3.8) is 0 Å². The topological polar surface area (TPSA) is 86.5 Å². The first-order chi connectivity index (χ1) is 13.4. The summed E-state index contributed by atoms with van der Waals surface area (Å²) in [6.45, 7) is 2.64. The van der Waals surface area contributed by atoms with E-state index in [1.54, 1.807) is 29.6 Å². The van der Waals surface area contributed by atoms with Gasteiger partial charge in [-0.25, -0.2) is 4.79 Å². The average molecular weight is 402 g/mol. The van der Waals surface area contributed by atoms with E-state index in [4.69, 9.17) is 16.7 Å². The molecular formula is C19H20ClN5O3. The number of imidazole rings is 2. The smallest absolute Gasteiger partial charge is 0.332 e. The minimum absolute atomic E-state index is 0.0626. The molecule has 0 saturated carbocycles. The predicted octanol–water partition coefficient (Wildman–Crippen LogP) is 1.54. The van der Waals surface area contributed by atoms with Crippen LogP contribution in [0.25, 0.3) is 16.9 Å². The van der Waals surface area contributed by atoms with E-state index < -0.39 is 11.2 Å². The average Bonchev–Trinajstić information content (AvgIpc) is 3.18. The Morgan fingerprint density at radius 3 is 2.64 bits per heavy atom. The summed E-state index contributed by atoms with van der Waals surface area (Å²) in [5, 5.41) is 9.64. The minimum atomic E-state index is -0.447. The van der Waals surface area contributed by atoms with Crippen LogP contribution >= 0.6 is 11.6 Å². The first-order valence-corrected chi connectivity index (χ1v) is 9.33. The third-order valence-electron chi connectivity index (χ3n) is 4.97. The monoisotopic (exact) mass is 401 g/mol. The van der Waals surface area contributed by atoms with E-state index in [1.807, 2.05) is 23.8 Å². The van der Waals surface area contributed by atoms with Crippen molar-refractivity contribution in [1.29, 1.82) is 0 Å². The number of aryl methyl sites for hydroxylation is 3. The van der Waals surface area contributed by atoms with Crippen LogP contribution in [0.2, 0.25) is 5.02 Å². The number of rotatable bonds is 5. The molecule has 0 saturated heterocycles. The lowest BCUT2D eigenvalue weighted by atomic mass is 10.2. The van der Waals surface area contributed by atoms with Gasteiger partial charge in [-0.2, -0.15) is 4.98 Å². The normalized spacial score (nSPS) is 11.7. The van der Waals surface area contributed by atoms with Crippen LogP contribution in [0.15, 0.2) is 40.1 Å². The fourth-order valence-electron chi connectivity index (χ4n) is 3.50. The van der Waals surface area contributed by atoms with Crippen molar-refractivity contribution in [2.45, 2.75) is 26.4 Å². The van der Waals surface area contributed by atoms with Gasteiger partial charge in [0.15, 0.2) is 11.2 Å². The molecule has 0 aliphatic carbocycles. The Morgan fingerprint density at radius 1 is 1.18 bits per heavy atom. The third-order valence-corrected chi connectivity index (χ3v) is 5.34. The molecule has 3 aromatic heterocycles. The maximum atomic E-state index is 13.2. The lowest BCUT2D eigenvalue weighted by Crippen LogP contribution is -2.39. The highest BCUT2D eigenvalue weighted by Gasteiger charge is 2.20. The largest absolute Gasteiger partial charge is 0.396 e. The summed E-state index contributed by atoms with van der Waals surface area (Å²) in [6, 6.07) is 7.14. The number of aromatic nitrogens is 5. The third kappa shape index (κ3) is 2.76. The van der Waals surface area contributed by atoms with Crippen molar-refractivity contribution in [3.05, 3.63) is 67.6 Å². The standard InChI is InChI=1S/C19H20ClN5O3/c1-12-10-24-15-16(21-18(24)23(12)8-5-9-26)22(2)19(28)25(17(15)27)11-13-6-3-4-7-14(13)20/h3-4,6-7,10,26H,5,8-9,11H2,1-2H3. The molecular weight excluding hydrogens is 382 g/mol. The van der Waals surface area contributed by atoms with Crippen molar-refractivity contribution >= 4 is 28.5 Å². The summed E-state index contributed by atoms with van der Waals surface area (Å²) >= 11 is 6.22. The molecule has 0 unspecified atom stereocenters. The Kier molecular flexibility index (Phi) is 4.60. The molecule has 1 aromatic carbocycles. The second-order valence-corrected chi connectivity index (χ2v) is 7.18. The summed E-state index contributed by atoms with van der Waals surface area (Å²) in [6.07, 6.45) is 2.40. The predicted molar refractivity (Wildman–Crippen MR) is 107 cm³/mol. The van der Waals surface area contributed by atoms with Gasteiger partial charge in [0.05, 0.1) is 6.54 Å². The number of aliphatic hydroxyl groups is 1. The summed E-state index contributed by atoms with van der Waals surface area (Å²) in [5.41, 5.74) is 1.43. The van der Waals surface area contributed by atoms with E-state index >= 15 is 0 Å². The highest BCUT2D eigenvalue weighted by Crippen LogP contribution is 2.18. The summed E-state index contributed by atoms with van der Waals surface area (Å²) < 4.78 is 6.20. The van der Waals surface area contributed by atoms with Gasteiger partial charge in [0.25, 0.3) is 5.56 Å². The lowest BCUT2D eigenvalue weighted by Gasteiger charge is -2.09. The van der Waals surface area contributed by atoms with Gasteiger partial charge < -0.3 is 9.67 Å². The van der Waals surface area contributed by atoms with Crippen LogP contribution in [0.3, 0.4) is 0 Å². The Labute approximate surface area is 164 Å². The second-order valence-electron chi connectivity index (χ2n) is 6.78. The number of halogens is 1. The van der Waals surface area contributed by atoms with Crippen molar-refractivity contribution in [2.24, 2.45) is 7.05 Å². The van der Waals surface area contributed by atoms with Crippen LogP contribution in [-0.4, -0.2) is 34.8 Å². The van der Waals surface area contributed by atoms with E-state index in [2.05, 4.69) is 4.98 Å². The minimum Gasteiger partial charge on any atom is -0.396 e. The van der Waals surface area contributed by atoms with E-state index in [9.17, 15) is 9.59 Å². The Bertz CT molecular complexity index is 1310. The molecule has 146 valence electrons. The van der Waals surface area contributed by atoms with Gasteiger partial charge in [0.1, 0.15) is 0 Å². The van der Waals surface area contributed by atoms with Crippen LogP contribution in [0, 0.1) is 6.92 Å². The number of hydrogen-bond donors (Lipinski definition) is 1. The molecule has 0 aliphatic heterocycles. The van der Waals surface area contributed by atoms with Gasteiger partial charge in [-0.3, -0.25) is 18.3 Å². The van der Waals surface area contributed by atoms with Gasteiger partial charge in [0, 0.05) is 37.1 Å². The van der Waals surface area contributed by atoms with E-state index in [-0.39, 0.29) is 13.2 Å². The van der Waals surface area contributed by atoms with E-state index in [0.29, 0.717) is 40.5 Å². The number of fused-ring (bicyclic) bond motifs is 3. The van der Waals surface area contributed by atoms with Crippen LogP contribution in [0.1, 0.15) is 17.7 Å². The molecule has 3 heterocycles. The van der Waals surface area contributed by atoms with Gasteiger partial charge in [0.2, 0.25) is 5.78 Å². The van der Waals surface area contributed by atoms with Gasteiger partial charge in [-0.1, -0.05) is 29.8 Å². The molecule has 0 amide bonds. The molecule has 0 radical (unpaired) electrons. The molecule has 0 bridgehead atoms. The molecule has 4 aromatic rings. The first-order valence-electron chi connectivity index (χ1n) is 8.96. The maximum absolute atomic E-state index is 13.2. The number of benzene rings is 1. The van der Waals surface area contributed by atoms with Crippen LogP contribution in [0.5, 0.6) is 0 Å². The zero-order valence-electron chi connectivity index (χ0n) is 15.6. The fraction of sp³-hybridized carbons (Fsp3) is 0.316. The molecule has 1 N–H and O–H groups in total. The van der Waals surface area contributed by atoms with E-state index in [1.165, 1.54) is 9.13 Å². The maximum Gasteiger partial charge on any atom is 0.332 e. The first kappa shape index (κ1) is 18.5. The lowest BCUT2D eigenvalue weighted by molar-refractivity contribution is 0.280. The number of aliphatic hydroxyl groups excluding tert-OH is 1. The number of hydrogen-bond acceptors (Lipinski definition) is 4. The molecule has 28 heavy (non-hydrogen) atoms. The zero-order chi connectivity index (χ0) is 20.0. The number of nitrogens with zero attached hydrogens (tertiary/aromatic N) is 5. The van der Waals surface area contributed by atoms with Gasteiger partial charge in [-0.15, -0.1) is 0 Å². The van der Waals surface area contributed by atoms with E-state index in [0.717, 1.165) is 5.69 Å². The summed E-state index contributed by atoms with van der Waals surface area (Å²) in [4.78, 5) is 30.6. The van der Waals surface area contributed by atoms with Crippen molar-refractivity contribution in [3.8, 4) is 0 Å². The second kappa shape index (κ2) is 6.96. The Morgan fingerprint density at radius 2 is 1.93 bits per heavy atom. The van der Waals surface area contributed by atoms with Gasteiger partial charge in [-0.05, 0) is 25.0 Å². The zero-order valence-corrected chi connectivity index (χ0v) is 16.3. The van der Waals surface area contributed by atoms with Crippen LogP contribution in [0.4, 0.5) is 0 Å². The van der Waals surface area contributed by atoms with Crippen LogP contribution < -0.4 is 11.2 Å². The molecule has 8 nitrogen and oxygen atoms in total. The quantitative estimate of drug-likeness (QED) is 0.549. The highest BCUT2D eigenvalue weighted by atomic mass is 35.5. The van der Waals surface area contributed by atoms with Crippen LogP contribution in [-0.2, 0) is 20.1 Å². The molecule has 0 atom stereocenters. The summed E-state index contributed by atoms with van der Waals surface area (Å²) in [5.74, 6) is 0.573. The molecule has 0 spiro atoms. The van der Waals surface area contributed by atoms with Crippen molar-refractivity contribution < 1.29 is 5.11 Å². The molecule has 0 fully saturated rings. The van der Waals surface area contributed by atoms with Crippen molar-refractivity contribution in [2.75, 3.05) is 6.61 Å². The molecule has 9 heteroatoms. The molecule has 4 rings (SSSR count). The van der Waals surface area contributed by atoms with Crippen molar-refractivity contribution in [1.82, 2.24) is 23.1 Å². The van der Waals surface area contributed by atoms with Gasteiger partial charge >= 0.3 is 5.69 Å². The summed E-state index contributed by atoms with van der Waals surface area (Å²) in [7, 11) is 1.60. The molecule has 0 aliphatic rings. The fourth-order valence-corrected chi connectivity index (χ4v) is 3.69. The highest BCUT2D eigenvalue weighted by molar-refractivity contribution is 6.31. The SMILES string of the molecule is Cc1cn2c3c(=O)n(Cc4ccccc4Cl)c(=O)n(C)c3nc2n1CCCO.